The lowest BCUT2D eigenvalue weighted by Crippen LogP contribution is -2.42. The minimum Gasteiger partial charge on any atom is -0.489 e. The molecule has 1 N–H and O–H groups in total. The average molecular weight is 569 g/mol. The number of hydrogen-bond donors (Lipinski definition) is 1. The number of anilines is 2. The van der Waals surface area contributed by atoms with Crippen LogP contribution in [0.15, 0.2) is 59.8 Å². The van der Waals surface area contributed by atoms with Crippen molar-refractivity contribution in [1.82, 2.24) is 29.7 Å². The van der Waals surface area contributed by atoms with E-state index in [1.165, 1.54) is 31.0 Å². The van der Waals surface area contributed by atoms with Gasteiger partial charge in [-0.05, 0) is 30.3 Å². The minimum absolute atomic E-state index is 0.136. The molecule has 0 spiro atoms. The van der Waals surface area contributed by atoms with E-state index in [1.54, 1.807) is 49.3 Å². The van der Waals surface area contributed by atoms with E-state index in [1.807, 2.05) is 6.07 Å². The van der Waals surface area contributed by atoms with Gasteiger partial charge in [-0.2, -0.15) is 10.2 Å². The topological polar surface area (TPSA) is 160 Å². The smallest absolute Gasteiger partial charge is 0.275 e. The Morgan fingerprint density at radius 3 is 2.60 bits per heavy atom. The fraction of sp³-hybridized carbons (Fsp3) is 0.276. The van der Waals surface area contributed by atoms with Crippen LogP contribution in [-0.4, -0.2) is 81.9 Å². The number of nitriles is 1. The lowest BCUT2D eigenvalue weighted by molar-refractivity contribution is 0.0589. The number of hydrogen-bond acceptors (Lipinski definition) is 11. The molecule has 5 rings (SSSR count). The van der Waals surface area contributed by atoms with Gasteiger partial charge in [0.15, 0.2) is 12.1 Å². The summed E-state index contributed by atoms with van der Waals surface area (Å²) < 4.78 is 16.4. The first-order valence-corrected chi connectivity index (χ1v) is 13.1. The van der Waals surface area contributed by atoms with Crippen molar-refractivity contribution in [2.24, 2.45) is 0 Å². The number of benzene rings is 1. The maximum Gasteiger partial charge on any atom is 0.275 e. The highest BCUT2D eigenvalue weighted by molar-refractivity contribution is 5.96. The van der Waals surface area contributed by atoms with Crippen LogP contribution in [0.25, 0.3) is 11.3 Å². The zero-order valence-corrected chi connectivity index (χ0v) is 23.3. The van der Waals surface area contributed by atoms with Crippen LogP contribution in [0.4, 0.5) is 11.6 Å². The highest BCUT2D eigenvalue weighted by Gasteiger charge is 2.26. The molecule has 42 heavy (non-hydrogen) atoms. The monoisotopic (exact) mass is 568 g/mol. The van der Waals surface area contributed by atoms with Crippen molar-refractivity contribution in [2.75, 3.05) is 39.6 Å². The van der Waals surface area contributed by atoms with E-state index >= 15 is 0 Å². The first-order chi connectivity index (χ1) is 20.4. The number of amides is 2. The van der Waals surface area contributed by atoms with Crippen LogP contribution in [0.3, 0.4) is 0 Å². The molecule has 1 aromatic carbocycles. The number of aromatic nitrogens is 4. The van der Waals surface area contributed by atoms with E-state index < -0.39 is 0 Å². The largest absolute Gasteiger partial charge is 0.489 e. The van der Waals surface area contributed by atoms with E-state index in [4.69, 9.17) is 13.9 Å². The molecule has 4 aromatic rings. The molecular weight excluding hydrogens is 540 g/mol. The first-order valence-electron chi connectivity index (χ1n) is 13.1. The normalized spacial score (nSPS) is 13.2. The van der Waals surface area contributed by atoms with Gasteiger partial charge in [-0.3, -0.25) is 9.59 Å². The molecule has 214 valence electrons. The molecule has 0 unspecified atom stereocenters. The Morgan fingerprint density at radius 2 is 1.90 bits per heavy atom. The van der Waals surface area contributed by atoms with Gasteiger partial charge < -0.3 is 29.0 Å². The second-order valence-corrected chi connectivity index (χ2v) is 9.67. The van der Waals surface area contributed by atoms with Crippen molar-refractivity contribution in [2.45, 2.75) is 18.9 Å². The van der Waals surface area contributed by atoms with E-state index in [2.05, 4.69) is 31.3 Å². The summed E-state index contributed by atoms with van der Waals surface area (Å²) >= 11 is 0. The second kappa shape index (κ2) is 12.3. The molecule has 0 aliphatic carbocycles. The van der Waals surface area contributed by atoms with Crippen molar-refractivity contribution in [1.29, 1.82) is 5.26 Å². The number of nitrogens with one attached hydrogen (secondary N) is 1. The number of carbonyl (C=O) groups excluding carboxylic acids is 2. The van der Waals surface area contributed by atoms with Gasteiger partial charge in [0.1, 0.15) is 47.7 Å². The Balaban J connectivity index is 1.26. The molecule has 0 saturated carbocycles. The van der Waals surface area contributed by atoms with Crippen LogP contribution in [0, 0.1) is 11.3 Å². The van der Waals surface area contributed by atoms with E-state index in [9.17, 15) is 14.9 Å². The summed E-state index contributed by atoms with van der Waals surface area (Å²) in [5.41, 5.74) is 2.28. The van der Waals surface area contributed by atoms with Crippen LogP contribution in [0.2, 0.25) is 0 Å². The summed E-state index contributed by atoms with van der Waals surface area (Å²) in [7, 11) is 4.76. The maximum absolute atomic E-state index is 12.5. The Hall–Kier alpha value is -5.51. The lowest BCUT2D eigenvalue weighted by Gasteiger charge is -2.31. The first kappa shape index (κ1) is 28.0. The molecule has 3 aromatic heterocycles. The molecule has 4 heterocycles. The number of carbonyl (C=O) groups is 2. The van der Waals surface area contributed by atoms with Crippen LogP contribution in [0.5, 0.6) is 11.6 Å². The van der Waals surface area contributed by atoms with Crippen LogP contribution in [0.1, 0.15) is 39.3 Å². The molecular formula is C29H28N8O5. The zero-order chi connectivity index (χ0) is 29.6. The number of methoxy groups -OCH3 is 1. The van der Waals surface area contributed by atoms with Crippen molar-refractivity contribution < 1.29 is 23.5 Å². The molecule has 1 saturated heterocycles. The molecule has 13 nitrogen and oxygen atoms in total. The number of likely N-dealkylation sites (tertiary alicyclic amines) is 1. The number of oxazole rings is 1. The fourth-order valence-corrected chi connectivity index (χ4v) is 4.50. The Kier molecular flexibility index (Phi) is 8.24. The van der Waals surface area contributed by atoms with Crippen molar-refractivity contribution in [3.63, 3.8) is 0 Å². The Morgan fingerprint density at radius 1 is 1.10 bits per heavy atom. The number of pyridine rings is 1. The third-order valence-electron chi connectivity index (χ3n) is 6.68. The van der Waals surface area contributed by atoms with Gasteiger partial charge in [0.05, 0.1) is 18.4 Å². The summed E-state index contributed by atoms with van der Waals surface area (Å²) in [6.45, 7) is 1.03. The summed E-state index contributed by atoms with van der Waals surface area (Å²) in [6.07, 6.45) is 5.09. The van der Waals surface area contributed by atoms with Crippen LogP contribution >= 0.6 is 0 Å². The number of nitrogens with zero attached hydrogens (tertiary/aromatic N) is 7. The lowest BCUT2D eigenvalue weighted by atomic mass is 10.1. The molecule has 0 bridgehead atoms. The quantitative estimate of drug-likeness (QED) is 0.331. The second-order valence-electron chi connectivity index (χ2n) is 9.67. The maximum atomic E-state index is 12.5. The Labute approximate surface area is 241 Å². The number of rotatable bonds is 8. The summed E-state index contributed by atoms with van der Waals surface area (Å²) in [4.78, 5) is 45.0. The van der Waals surface area contributed by atoms with E-state index in [0.29, 0.717) is 65.7 Å². The molecule has 1 fully saturated rings. The fourth-order valence-electron chi connectivity index (χ4n) is 4.50. The standard InChI is InChI=1S/C29H28N8O5/c1-36(2)28(38)21-5-7-25(35-27(21)40-3)34-26-13-22(31-16-32-26)18-4-6-24(19(12-18)14-30)42-20-8-10-37(11-9-20)29(39)23-15-41-17-33-23/h4-7,12-13,15-17,20H,8-11H2,1-3H3,(H,31,32,34,35). The SMILES string of the molecule is COc1nc(Nc2cc(-c3ccc(OC4CCN(C(=O)c5cocn5)CC4)c(C#N)c3)ncn2)ccc1C(=O)N(C)C. The minimum atomic E-state index is -0.223. The summed E-state index contributed by atoms with van der Waals surface area (Å²) in [5.74, 6) is 1.16. The van der Waals surface area contributed by atoms with Crippen molar-refractivity contribution in [3.8, 4) is 29.0 Å². The van der Waals surface area contributed by atoms with Gasteiger partial charge in [-0.15, -0.1) is 0 Å². The molecule has 13 heteroatoms. The summed E-state index contributed by atoms with van der Waals surface area (Å²) in [5, 5.41) is 12.9. The number of piperidine rings is 1. The average Bonchev–Trinajstić information content (AvgIpc) is 3.56. The highest BCUT2D eigenvalue weighted by Crippen LogP contribution is 2.29. The van der Waals surface area contributed by atoms with Gasteiger partial charge in [-0.25, -0.2) is 15.0 Å². The van der Waals surface area contributed by atoms with Gasteiger partial charge in [-0.1, -0.05) is 0 Å². The number of ether oxygens (including phenoxy) is 2. The summed E-state index contributed by atoms with van der Waals surface area (Å²) in [6, 6.07) is 12.5. The highest BCUT2D eigenvalue weighted by atomic mass is 16.5. The molecule has 0 radical (unpaired) electrons. The third-order valence-corrected chi connectivity index (χ3v) is 6.68. The molecule has 0 atom stereocenters. The van der Waals surface area contributed by atoms with Crippen molar-refractivity contribution >= 4 is 23.5 Å². The Bertz CT molecular complexity index is 1630. The van der Waals surface area contributed by atoms with Crippen molar-refractivity contribution in [3.05, 3.63) is 72.2 Å². The van der Waals surface area contributed by atoms with E-state index in [0.717, 1.165) is 0 Å². The third kappa shape index (κ3) is 6.12. The van der Waals surface area contributed by atoms with Gasteiger partial charge in [0.25, 0.3) is 11.8 Å². The molecule has 1 aliphatic rings. The van der Waals surface area contributed by atoms with Gasteiger partial charge in [0.2, 0.25) is 5.88 Å². The van der Waals surface area contributed by atoms with Gasteiger partial charge in [0, 0.05) is 51.7 Å². The zero-order valence-electron chi connectivity index (χ0n) is 23.3. The van der Waals surface area contributed by atoms with E-state index in [-0.39, 0.29) is 29.5 Å². The molecule has 1 aliphatic heterocycles. The van der Waals surface area contributed by atoms with Gasteiger partial charge >= 0.3 is 0 Å². The predicted molar refractivity (Wildman–Crippen MR) is 150 cm³/mol. The predicted octanol–water partition coefficient (Wildman–Crippen LogP) is 3.54. The molecule has 2 amide bonds. The van der Waals surface area contributed by atoms with Crippen LogP contribution in [-0.2, 0) is 0 Å². The van der Waals surface area contributed by atoms with Crippen LogP contribution < -0.4 is 14.8 Å².